The molecule has 0 N–H and O–H groups in total. The average Bonchev–Trinajstić information content (AvgIpc) is 2.47. The Kier molecular flexibility index (Phi) is 3.71. The average molecular weight is 311 g/mol. The molecule has 2 nitrogen and oxygen atoms in total. The molecule has 110 valence electrons. The van der Waals surface area contributed by atoms with Gasteiger partial charge in [-0.25, -0.2) is 0 Å². The molecule has 3 rings (SSSR count). The summed E-state index contributed by atoms with van der Waals surface area (Å²) < 4.78 is 45.7. The lowest BCUT2D eigenvalue weighted by Gasteiger charge is -2.29. The van der Waals surface area contributed by atoms with Crippen molar-refractivity contribution in [3.63, 3.8) is 0 Å². The molecule has 0 unspecified atom stereocenters. The molecule has 0 fully saturated rings. The number of para-hydroxylation sites is 2. The van der Waals surface area contributed by atoms with E-state index in [-0.39, 0.29) is 0 Å². The lowest BCUT2D eigenvalue weighted by Crippen LogP contribution is -2.26. The van der Waals surface area contributed by atoms with E-state index in [1.807, 2.05) is 28.6 Å². The van der Waals surface area contributed by atoms with Crippen molar-refractivity contribution in [1.82, 2.24) is 0 Å². The quantitative estimate of drug-likeness (QED) is 0.751. The predicted molar refractivity (Wildman–Crippen MR) is 76.6 cm³/mol. The van der Waals surface area contributed by atoms with Gasteiger partial charge in [-0.1, -0.05) is 18.2 Å². The van der Waals surface area contributed by atoms with Crippen LogP contribution in [0.3, 0.4) is 0 Å². The Balaban J connectivity index is 1.85. The standard InChI is InChI=1S/C15H12F3NOS/c16-15(17,18)11-4-3-5-12(10-11)21-19-8-9-20-14-7-2-1-6-13(14)19/h1-7,10H,8-9H2. The number of anilines is 1. The van der Waals surface area contributed by atoms with Crippen LogP contribution in [-0.4, -0.2) is 13.2 Å². The maximum Gasteiger partial charge on any atom is 0.416 e. The highest BCUT2D eigenvalue weighted by atomic mass is 32.2. The molecule has 2 aromatic rings. The predicted octanol–water partition coefficient (Wildman–Crippen LogP) is 4.61. The van der Waals surface area contributed by atoms with Gasteiger partial charge < -0.3 is 9.04 Å². The minimum atomic E-state index is -4.32. The van der Waals surface area contributed by atoms with Crippen LogP contribution in [0.1, 0.15) is 5.56 Å². The third kappa shape index (κ3) is 3.10. The summed E-state index contributed by atoms with van der Waals surface area (Å²) in [5.41, 5.74) is 0.250. The Morgan fingerprint density at radius 2 is 1.86 bits per heavy atom. The summed E-state index contributed by atoms with van der Waals surface area (Å²) in [6.07, 6.45) is -4.32. The highest BCUT2D eigenvalue weighted by Gasteiger charge is 2.30. The van der Waals surface area contributed by atoms with E-state index in [1.165, 1.54) is 24.1 Å². The molecule has 21 heavy (non-hydrogen) atoms. The molecule has 0 atom stereocenters. The minimum Gasteiger partial charge on any atom is -0.489 e. The van der Waals surface area contributed by atoms with Gasteiger partial charge in [0.15, 0.2) is 0 Å². The van der Waals surface area contributed by atoms with Crippen LogP contribution in [0.4, 0.5) is 18.9 Å². The van der Waals surface area contributed by atoms with Gasteiger partial charge in [0, 0.05) is 4.90 Å². The maximum atomic E-state index is 12.7. The third-order valence-corrected chi connectivity index (χ3v) is 4.13. The fourth-order valence-corrected chi connectivity index (χ4v) is 3.08. The monoisotopic (exact) mass is 311 g/mol. The zero-order chi connectivity index (χ0) is 14.9. The lowest BCUT2D eigenvalue weighted by atomic mass is 10.2. The summed E-state index contributed by atoms with van der Waals surface area (Å²) in [4.78, 5) is 0.557. The third-order valence-electron chi connectivity index (χ3n) is 3.06. The van der Waals surface area contributed by atoms with Crippen molar-refractivity contribution in [2.75, 3.05) is 17.5 Å². The number of halogens is 3. The number of nitrogens with zero attached hydrogens (tertiary/aromatic N) is 1. The lowest BCUT2D eigenvalue weighted by molar-refractivity contribution is -0.137. The first-order valence-electron chi connectivity index (χ1n) is 6.38. The second-order valence-electron chi connectivity index (χ2n) is 4.54. The number of rotatable bonds is 2. The second-order valence-corrected chi connectivity index (χ2v) is 5.63. The Morgan fingerprint density at radius 3 is 2.67 bits per heavy atom. The molecular weight excluding hydrogens is 299 g/mol. The van der Waals surface area contributed by atoms with Gasteiger partial charge in [-0.2, -0.15) is 13.2 Å². The van der Waals surface area contributed by atoms with Gasteiger partial charge in [-0.05, 0) is 42.3 Å². The number of fused-ring (bicyclic) bond motifs is 1. The SMILES string of the molecule is FC(F)(F)c1cccc(SN2CCOc3ccccc32)c1. The summed E-state index contributed by atoms with van der Waals surface area (Å²) in [5.74, 6) is 0.753. The van der Waals surface area contributed by atoms with Gasteiger partial charge >= 0.3 is 6.18 Å². The zero-order valence-corrected chi connectivity index (χ0v) is 11.7. The molecular formula is C15H12F3NOS. The Labute approximate surface area is 124 Å². The number of hydrogen-bond acceptors (Lipinski definition) is 3. The number of benzene rings is 2. The Morgan fingerprint density at radius 1 is 1.05 bits per heavy atom. The highest BCUT2D eigenvalue weighted by Crippen LogP contribution is 2.39. The molecule has 6 heteroatoms. The van der Waals surface area contributed by atoms with Gasteiger partial charge in [-0.3, -0.25) is 0 Å². The van der Waals surface area contributed by atoms with Gasteiger partial charge in [0.25, 0.3) is 0 Å². The summed E-state index contributed by atoms with van der Waals surface area (Å²) in [7, 11) is 0. The first-order chi connectivity index (χ1) is 10.0. The number of alkyl halides is 3. The topological polar surface area (TPSA) is 12.5 Å². The zero-order valence-electron chi connectivity index (χ0n) is 10.9. The number of hydrogen-bond donors (Lipinski definition) is 0. The van der Waals surface area contributed by atoms with Crippen molar-refractivity contribution in [3.05, 3.63) is 54.1 Å². The molecule has 2 aromatic carbocycles. The fourth-order valence-electron chi connectivity index (χ4n) is 2.10. The largest absolute Gasteiger partial charge is 0.489 e. The van der Waals surface area contributed by atoms with E-state index in [0.29, 0.717) is 18.0 Å². The van der Waals surface area contributed by atoms with Crippen LogP contribution in [0.2, 0.25) is 0 Å². The molecule has 0 saturated heterocycles. The molecule has 1 heterocycles. The Bertz CT molecular complexity index is 645. The summed E-state index contributed by atoms with van der Waals surface area (Å²) in [6.45, 7) is 1.14. The normalized spacial score (nSPS) is 14.5. The van der Waals surface area contributed by atoms with Crippen molar-refractivity contribution >= 4 is 17.6 Å². The van der Waals surface area contributed by atoms with Gasteiger partial charge in [0.05, 0.1) is 17.8 Å². The molecule has 0 aromatic heterocycles. The van der Waals surface area contributed by atoms with Crippen LogP contribution in [0.5, 0.6) is 5.75 Å². The van der Waals surface area contributed by atoms with Gasteiger partial charge in [0.2, 0.25) is 0 Å². The smallest absolute Gasteiger partial charge is 0.416 e. The fraction of sp³-hybridized carbons (Fsp3) is 0.200. The van der Waals surface area contributed by atoms with E-state index in [0.717, 1.165) is 17.5 Å². The van der Waals surface area contributed by atoms with Crippen LogP contribution in [0.15, 0.2) is 53.4 Å². The van der Waals surface area contributed by atoms with E-state index >= 15 is 0 Å². The molecule has 0 aliphatic carbocycles. The Hall–Kier alpha value is -1.82. The van der Waals surface area contributed by atoms with E-state index < -0.39 is 11.7 Å². The van der Waals surface area contributed by atoms with Crippen molar-refractivity contribution in [3.8, 4) is 5.75 Å². The first kappa shape index (κ1) is 14.1. The van der Waals surface area contributed by atoms with E-state index in [4.69, 9.17) is 4.74 Å². The maximum absolute atomic E-state index is 12.7. The minimum absolute atomic E-state index is 0.517. The van der Waals surface area contributed by atoms with Crippen LogP contribution in [0, 0.1) is 0 Å². The van der Waals surface area contributed by atoms with E-state index in [9.17, 15) is 13.2 Å². The van der Waals surface area contributed by atoms with E-state index in [2.05, 4.69) is 0 Å². The van der Waals surface area contributed by atoms with E-state index in [1.54, 1.807) is 6.07 Å². The van der Waals surface area contributed by atoms with Crippen LogP contribution in [-0.2, 0) is 6.18 Å². The second kappa shape index (κ2) is 5.52. The van der Waals surface area contributed by atoms with Crippen LogP contribution in [0.25, 0.3) is 0 Å². The van der Waals surface area contributed by atoms with Crippen molar-refractivity contribution in [2.24, 2.45) is 0 Å². The van der Waals surface area contributed by atoms with Crippen LogP contribution >= 0.6 is 11.9 Å². The molecule has 1 aliphatic heterocycles. The molecule has 0 bridgehead atoms. The molecule has 0 saturated carbocycles. The summed E-state index contributed by atoms with van der Waals surface area (Å²) >= 11 is 1.29. The van der Waals surface area contributed by atoms with Crippen molar-refractivity contribution in [1.29, 1.82) is 0 Å². The summed E-state index contributed by atoms with van der Waals surface area (Å²) in [6, 6.07) is 12.9. The summed E-state index contributed by atoms with van der Waals surface area (Å²) in [5, 5.41) is 0. The first-order valence-corrected chi connectivity index (χ1v) is 7.16. The van der Waals surface area contributed by atoms with Gasteiger partial charge in [0.1, 0.15) is 12.4 Å². The van der Waals surface area contributed by atoms with Gasteiger partial charge in [-0.15, -0.1) is 0 Å². The number of ether oxygens (including phenoxy) is 1. The molecule has 0 radical (unpaired) electrons. The van der Waals surface area contributed by atoms with Crippen LogP contribution < -0.4 is 9.04 Å². The van der Waals surface area contributed by atoms with Crippen molar-refractivity contribution in [2.45, 2.75) is 11.1 Å². The highest BCUT2D eigenvalue weighted by molar-refractivity contribution is 8.00. The molecule has 0 spiro atoms. The molecule has 0 amide bonds. The van der Waals surface area contributed by atoms with Crippen molar-refractivity contribution < 1.29 is 17.9 Å². The molecule has 1 aliphatic rings.